The van der Waals surface area contributed by atoms with E-state index in [1.54, 1.807) is 19.2 Å². The van der Waals surface area contributed by atoms with Crippen LogP contribution in [-0.4, -0.2) is 33.7 Å². The van der Waals surface area contributed by atoms with Gasteiger partial charge in [-0.2, -0.15) is 0 Å². The summed E-state index contributed by atoms with van der Waals surface area (Å²) >= 11 is 0. The molecule has 3 rings (SSSR count). The maximum Gasteiger partial charge on any atom is 0.251 e. The molecule has 0 aromatic heterocycles. The van der Waals surface area contributed by atoms with Crippen molar-refractivity contribution in [1.29, 1.82) is 0 Å². The third-order valence-electron chi connectivity index (χ3n) is 5.62. The van der Waals surface area contributed by atoms with Crippen molar-refractivity contribution in [3.05, 3.63) is 58.7 Å². The van der Waals surface area contributed by atoms with E-state index in [4.69, 9.17) is 4.74 Å². The molecule has 1 atom stereocenters. The molecular weight excluding hydrogens is 400 g/mol. The average molecular weight is 431 g/mol. The van der Waals surface area contributed by atoms with Crippen LogP contribution in [0.25, 0.3) is 0 Å². The van der Waals surface area contributed by atoms with Crippen LogP contribution in [0.2, 0.25) is 0 Å². The molecule has 0 aliphatic carbocycles. The molecule has 0 unspecified atom stereocenters. The summed E-state index contributed by atoms with van der Waals surface area (Å²) in [6, 6.07) is 11.0. The van der Waals surface area contributed by atoms with Gasteiger partial charge >= 0.3 is 0 Å². The second kappa shape index (κ2) is 9.08. The highest BCUT2D eigenvalue weighted by atomic mass is 32.2. The summed E-state index contributed by atoms with van der Waals surface area (Å²) in [5.74, 6) is 0.745. The first-order chi connectivity index (χ1) is 14.3. The highest BCUT2D eigenvalue weighted by Gasteiger charge is 2.28. The Bertz CT molecular complexity index is 1030. The van der Waals surface area contributed by atoms with Crippen LogP contribution in [0.1, 0.15) is 59.3 Å². The molecule has 0 bridgehead atoms. The van der Waals surface area contributed by atoms with Gasteiger partial charge in [-0.15, -0.1) is 0 Å². The molecule has 1 fully saturated rings. The summed E-state index contributed by atoms with van der Waals surface area (Å²) < 4.78 is 31.8. The van der Waals surface area contributed by atoms with E-state index >= 15 is 0 Å². The zero-order valence-corrected chi connectivity index (χ0v) is 18.9. The SMILES string of the molecule is CC[C@H](NC(=O)c1ccc(C)c(N2CCCCS2(=O)=O)c1)c1ccc(OC)c(C)c1. The molecule has 1 saturated heterocycles. The van der Waals surface area contributed by atoms with Crippen molar-refractivity contribution < 1.29 is 17.9 Å². The topological polar surface area (TPSA) is 75.7 Å². The number of rotatable bonds is 6. The number of anilines is 1. The first kappa shape index (κ1) is 22.2. The van der Waals surface area contributed by atoms with Gasteiger partial charge in [0.25, 0.3) is 5.91 Å². The number of nitrogens with zero attached hydrogens (tertiary/aromatic N) is 1. The smallest absolute Gasteiger partial charge is 0.251 e. The summed E-state index contributed by atoms with van der Waals surface area (Å²) in [7, 11) is -1.70. The lowest BCUT2D eigenvalue weighted by Gasteiger charge is -2.30. The van der Waals surface area contributed by atoms with Crippen molar-refractivity contribution in [3.8, 4) is 5.75 Å². The average Bonchev–Trinajstić information content (AvgIpc) is 2.72. The number of carbonyl (C=O) groups is 1. The molecule has 1 heterocycles. The fourth-order valence-corrected chi connectivity index (χ4v) is 5.55. The van der Waals surface area contributed by atoms with Gasteiger partial charge in [-0.25, -0.2) is 8.42 Å². The van der Waals surface area contributed by atoms with Crippen molar-refractivity contribution in [2.24, 2.45) is 0 Å². The van der Waals surface area contributed by atoms with E-state index in [1.165, 1.54) is 4.31 Å². The van der Waals surface area contributed by atoms with Crippen LogP contribution in [0.3, 0.4) is 0 Å². The minimum Gasteiger partial charge on any atom is -0.496 e. The van der Waals surface area contributed by atoms with Gasteiger partial charge in [0.2, 0.25) is 10.0 Å². The lowest BCUT2D eigenvalue weighted by molar-refractivity contribution is 0.0935. The molecule has 2 aromatic rings. The van der Waals surface area contributed by atoms with Gasteiger partial charge in [0.15, 0.2) is 0 Å². The van der Waals surface area contributed by atoms with E-state index in [-0.39, 0.29) is 17.7 Å². The zero-order valence-electron chi connectivity index (χ0n) is 18.1. The van der Waals surface area contributed by atoms with E-state index in [2.05, 4.69) is 5.32 Å². The Hall–Kier alpha value is -2.54. The summed E-state index contributed by atoms with van der Waals surface area (Å²) in [5, 5.41) is 3.09. The van der Waals surface area contributed by atoms with E-state index < -0.39 is 10.0 Å². The Morgan fingerprint density at radius 2 is 1.90 bits per heavy atom. The number of ether oxygens (including phenoxy) is 1. The molecular formula is C23H30N2O4S. The quantitative estimate of drug-likeness (QED) is 0.748. The molecule has 1 aliphatic rings. The highest BCUT2D eigenvalue weighted by molar-refractivity contribution is 7.92. The second-order valence-corrected chi connectivity index (χ2v) is 9.77. The lowest BCUT2D eigenvalue weighted by Crippen LogP contribution is -2.38. The third-order valence-corrected chi connectivity index (χ3v) is 7.48. The van der Waals surface area contributed by atoms with Crippen LogP contribution in [0, 0.1) is 13.8 Å². The number of amides is 1. The summed E-state index contributed by atoms with van der Waals surface area (Å²) in [5.41, 5.74) is 3.91. The molecule has 1 aliphatic heterocycles. The first-order valence-electron chi connectivity index (χ1n) is 10.3. The molecule has 1 N–H and O–H groups in total. The van der Waals surface area contributed by atoms with Crippen molar-refractivity contribution in [2.75, 3.05) is 23.7 Å². The second-order valence-electron chi connectivity index (χ2n) is 7.76. The Balaban J connectivity index is 1.85. The number of sulfonamides is 1. The van der Waals surface area contributed by atoms with Crippen LogP contribution >= 0.6 is 0 Å². The number of hydrogen-bond donors (Lipinski definition) is 1. The maximum atomic E-state index is 13.0. The number of carbonyl (C=O) groups excluding carboxylic acids is 1. The standard InChI is InChI=1S/C23H30N2O4S/c1-5-20(18-10-11-22(29-4)17(3)14-18)24-23(26)19-9-8-16(2)21(15-19)25-12-6-7-13-30(25,27)28/h8-11,14-15,20H,5-7,12-13H2,1-4H3,(H,24,26)/t20-/m0/s1. The third kappa shape index (κ3) is 4.61. The number of hydrogen-bond acceptors (Lipinski definition) is 4. The monoisotopic (exact) mass is 430 g/mol. The summed E-state index contributed by atoms with van der Waals surface area (Å²) in [6.45, 7) is 6.32. The van der Waals surface area contributed by atoms with Gasteiger partial charge in [-0.3, -0.25) is 9.10 Å². The normalized spacial score (nSPS) is 16.7. The molecule has 30 heavy (non-hydrogen) atoms. The summed E-state index contributed by atoms with van der Waals surface area (Å²) in [4.78, 5) is 13.0. The van der Waals surface area contributed by atoms with Crippen molar-refractivity contribution in [1.82, 2.24) is 5.32 Å². The molecule has 7 heteroatoms. The Morgan fingerprint density at radius 3 is 2.53 bits per heavy atom. The Morgan fingerprint density at radius 1 is 1.13 bits per heavy atom. The van der Waals surface area contributed by atoms with Crippen LogP contribution in [0.5, 0.6) is 5.75 Å². The molecule has 0 spiro atoms. The van der Waals surface area contributed by atoms with Crippen molar-refractivity contribution >= 4 is 21.6 Å². The number of nitrogens with one attached hydrogen (secondary N) is 1. The highest BCUT2D eigenvalue weighted by Crippen LogP contribution is 2.29. The van der Waals surface area contributed by atoms with Crippen LogP contribution in [0.4, 0.5) is 5.69 Å². The van der Waals surface area contributed by atoms with Gasteiger partial charge in [-0.05, 0) is 68.0 Å². The van der Waals surface area contributed by atoms with Gasteiger partial charge < -0.3 is 10.1 Å². The Kier molecular flexibility index (Phi) is 6.71. The predicted molar refractivity (Wildman–Crippen MR) is 120 cm³/mol. The van der Waals surface area contributed by atoms with E-state index in [0.29, 0.717) is 24.2 Å². The van der Waals surface area contributed by atoms with E-state index in [1.807, 2.05) is 45.0 Å². The van der Waals surface area contributed by atoms with E-state index in [0.717, 1.165) is 35.3 Å². The maximum absolute atomic E-state index is 13.0. The molecule has 1 amide bonds. The molecule has 6 nitrogen and oxygen atoms in total. The Labute approximate surface area is 179 Å². The fourth-order valence-electron chi connectivity index (χ4n) is 3.86. The number of benzene rings is 2. The van der Waals surface area contributed by atoms with Gasteiger partial charge in [0, 0.05) is 12.1 Å². The van der Waals surface area contributed by atoms with Crippen molar-refractivity contribution in [3.63, 3.8) is 0 Å². The summed E-state index contributed by atoms with van der Waals surface area (Å²) in [6.07, 6.45) is 2.23. The van der Waals surface area contributed by atoms with Crippen LogP contribution < -0.4 is 14.4 Å². The lowest BCUT2D eigenvalue weighted by atomic mass is 10.0. The number of methoxy groups -OCH3 is 1. The van der Waals surface area contributed by atoms with Crippen LogP contribution in [-0.2, 0) is 10.0 Å². The van der Waals surface area contributed by atoms with Crippen LogP contribution in [0.15, 0.2) is 36.4 Å². The molecule has 2 aromatic carbocycles. The fraction of sp³-hybridized carbons (Fsp3) is 0.435. The largest absolute Gasteiger partial charge is 0.496 e. The predicted octanol–water partition coefficient (Wildman–Crippen LogP) is 4.12. The molecule has 0 saturated carbocycles. The van der Waals surface area contributed by atoms with Gasteiger partial charge in [-0.1, -0.05) is 25.1 Å². The molecule has 0 radical (unpaired) electrons. The van der Waals surface area contributed by atoms with Gasteiger partial charge in [0.1, 0.15) is 5.75 Å². The van der Waals surface area contributed by atoms with E-state index in [9.17, 15) is 13.2 Å². The number of aryl methyl sites for hydroxylation is 2. The van der Waals surface area contributed by atoms with Crippen molar-refractivity contribution in [2.45, 2.75) is 46.1 Å². The zero-order chi connectivity index (χ0) is 21.9. The van der Waals surface area contributed by atoms with Gasteiger partial charge in [0.05, 0.1) is 24.6 Å². The minimum absolute atomic E-state index is 0.148. The molecule has 162 valence electrons. The first-order valence-corrected chi connectivity index (χ1v) is 11.9. The minimum atomic E-state index is -3.33.